The van der Waals surface area contributed by atoms with E-state index in [0.717, 1.165) is 17.7 Å². The second-order valence-electron chi connectivity index (χ2n) is 6.42. The van der Waals surface area contributed by atoms with E-state index in [1.165, 1.54) is 5.56 Å². The second kappa shape index (κ2) is 7.70. The fourth-order valence-electron chi connectivity index (χ4n) is 3.07. The van der Waals surface area contributed by atoms with Crippen LogP contribution in [-0.4, -0.2) is 29.8 Å². The Morgan fingerprint density at radius 3 is 2.72 bits per heavy atom. The molecule has 1 fully saturated rings. The number of anilines is 1. The Labute approximate surface area is 152 Å². The van der Waals surface area contributed by atoms with Gasteiger partial charge in [-0.1, -0.05) is 41.9 Å². The van der Waals surface area contributed by atoms with Crippen LogP contribution < -0.4 is 5.32 Å². The van der Waals surface area contributed by atoms with Crippen molar-refractivity contribution in [3.05, 3.63) is 64.7 Å². The van der Waals surface area contributed by atoms with E-state index in [1.807, 2.05) is 43.3 Å². The summed E-state index contributed by atoms with van der Waals surface area (Å²) >= 11 is 5.94. The number of rotatable bonds is 5. The van der Waals surface area contributed by atoms with E-state index in [0.29, 0.717) is 18.1 Å². The number of halogens is 1. The molecule has 2 aromatic rings. The van der Waals surface area contributed by atoms with Crippen molar-refractivity contribution < 1.29 is 9.59 Å². The van der Waals surface area contributed by atoms with Crippen LogP contribution in [0.2, 0.25) is 5.02 Å². The van der Waals surface area contributed by atoms with Gasteiger partial charge in [0.2, 0.25) is 11.8 Å². The Balaban J connectivity index is 1.57. The highest BCUT2D eigenvalue weighted by Crippen LogP contribution is 2.23. The van der Waals surface area contributed by atoms with Gasteiger partial charge in [0.15, 0.2) is 0 Å². The largest absolute Gasteiger partial charge is 0.342 e. The van der Waals surface area contributed by atoms with Crippen LogP contribution in [0.1, 0.15) is 17.5 Å². The summed E-state index contributed by atoms with van der Waals surface area (Å²) in [6, 6.07) is 15.4. The van der Waals surface area contributed by atoms with Crippen molar-refractivity contribution in [2.24, 2.45) is 5.92 Å². The minimum atomic E-state index is -0.307. The van der Waals surface area contributed by atoms with E-state index in [4.69, 9.17) is 11.6 Å². The summed E-state index contributed by atoms with van der Waals surface area (Å²) < 4.78 is 0. The van der Waals surface area contributed by atoms with Gasteiger partial charge in [-0.05, 0) is 42.7 Å². The smallest absolute Gasteiger partial charge is 0.229 e. The monoisotopic (exact) mass is 356 g/mol. The Morgan fingerprint density at radius 1 is 1.24 bits per heavy atom. The highest BCUT2D eigenvalue weighted by Gasteiger charge is 2.34. The van der Waals surface area contributed by atoms with Crippen molar-refractivity contribution in [2.45, 2.75) is 19.8 Å². The summed E-state index contributed by atoms with van der Waals surface area (Å²) in [6.07, 6.45) is 1.07. The lowest BCUT2D eigenvalue weighted by molar-refractivity contribution is -0.128. The number of hydrogen-bond acceptors (Lipinski definition) is 2. The molecule has 1 unspecified atom stereocenters. The van der Waals surface area contributed by atoms with Crippen LogP contribution >= 0.6 is 11.6 Å². The molecule has 1 aliphatic heterocycles. The number of likely N-dealkylation sites (tertiary alicyclic amines) is 1. The first-order chi connectivity index (χ1) is 12.0. The number of nitrogens with one attached hydrogen (secondary N) is 1. The molecule has 0 radical (unpaired) electrons. The molecule has 0 spiro atoms. The third-order valence-corrected chi connectivity index (χ3v) is 4.78. The van der Waals surface area contributed by atoms with Gasteiger partial charge in [0.1, 0.15) is 0 Å². The van der Waals surface area contributed by atoms with E-state index in [9.17, 15) is 9.59 Å². The molecule has 1 atom stereocenters. The van der Waals surface area contributed by atoms with E-state index < -0.39 is 0 Å². The number of carbonyl (C=O) groups is 2. The first-order valence-electron chi connectivity index (χ1n) is 8.41. The molecule has 2 amide bonds. The van der Waals surface area contributed by atoms with Gasteiger partial charge in [0.05, 0.1) is 5.92 Å². The third-order valence-electron chi connectivity index (χ3n) is 4.54. The molecule has 0 aromatic heterocycles. The maximum absolute atomic E-state index is 12.5. The zero-order valence-corrected chi connectivity index (χ0v) is 14.9. The number of benzene rings is 2. The molecule has 130 valence electrons. The molecule has 2 aromatic carbocycles. The molecule has 5 heteroatoms. The minimum absolute atomic E-state index is 0.0453. The molecular weight excluding hydrogens is 336 g/mol. The van der Waals surface area contributed by atoms with Gasteiger partial charge < -0.3 is 10.2 Å². The molecule has 0 aliphatic carbocycles. The zero-order valence-electron chi connectivity index (χ0n) is 14.2. The quantitative estimate of drug-likeness (QED) is 0.888. The summed E-state index contributed by atoms with van der Waals surface area (Å²) in [6.45, 7) is 3.02. The van der Waals surface area contributed by atoms with Crippen LogP contribution in [0.25, 0.3) is 0 Å². The Bertz CT molecular complexity index is 777. The number of nitrogens with zero attached hydrogens (tertiary/aromatic N) is 1. The number of carbonyl (C=O) groups excluding carboxylic acids is 2. The average molecular weight is 357 g/mol. The zero-order chi connectivity index (χ0) is 17.8. The fraction of sp³-hybridized carbons (Fsp3) is 0.300. The summed E-state index contributed by atoms with van der Waals surface area (Å²) in [4.78, 5) is 26.5. The van der Waals surface area contributed by atoms with Gasteiger partial charge in [-0.15, -0.1) is 0 Å². The van der Waals surface area contributed by atoms with Gasteiger partial charge in [-0.2, -0.15) is 0 Å². The number of amides is 2. The Morgan fingerprint density at radius 2 is 2.00 bits per heavy atom. The average Bonchev–Trinajstić information content (AvgIpc) is 2.97. The van der Waals surface area contributed by atoms with Crippen LogP contribution in [0, 0.1) is 12.8 Å². The normalized spacial score (nSPS) is 17.0. The van der Waals surface area contributed by atoms with Gasteiger partial charge in [0, 0.05) is 30.2 Å². The summed E-state index contributed by atoms with van der Waals surface area (Å²) in [5.74, 6) is -0.372. The van der Waals surface area contributed by atoms with Gasteiger partial charge in [0.25, 0.3) is 0 Å². The predicted molar refractivity (Wildman–Crippen MR) is 99.7 cm³/mol. The van der Waals surface area contributed by atoms with Crippen molar-refractivity contribution in [1.29, 1.82) is 0 Å². The van der Waals surface area contributed by atoms with Crippen molar-refractivity contribution >= 4 is 29.1 Å². The van der Waals surface area contributed by atoms with Crippen molar-refractivity contribution in [2.75, 3.05) is 18.4 Å². The SMILES string of the molecule is Cc1cc(Cl)ccc1NC(=O)C1CC(=O)N(CCc2ccccc2)C1. The van der Waals surface area contributed by atoms with Crippen LogP contribution in [0.5, 0.6) is 0 Å². The lowest BCUT2D eigenvalue weighted by Crippen LogP contribution is -2.30. The molecule has 0 bridgehead atoms. The molecule has 1 heterocycles. The van der Waals surface area contributed by atoms with E-state index >= 15 is 0 Å². The van der Waals surface area contributed by atoms with E-state index in [1.54, 1.807) is 17.0 Å². The van der Waals surface area contributed by atoms with Gasteiger partial charge in [-0.25, -0.2) is 0 Å². The second-order valence-corrected chi connectivity index (χ2v) is 6.86. The first-order valence-corrected chi connectivity index (χ1v) is 8.79. The molecule has 4 nitrogen and oxygen atoms in total. The maximum Gasteiger partial charge on any atom is 0.229 e. The molecule has 1 saturated heterocycles. The number of aryl methyl sites for hydroxylation is 1. The predicted octanol–water partition coefficient (Wildman–Crippen LogP) is 3.68. The Hall–Kier alpha value is -2.33. The topological polar surface area (TPSA) is 49.4 Å². The van der Waals surface area contributed by atoms with Crippen LogP contribution in [0.3, 0.4) is 0 Å². The van der Waals surface area contributed by atoms with Crippen LogP contribution in [-0.2, 0) is 16.0 Å². The first kappa shape index (κ1) is 17.5. The summed E-state index contributed by atoms with van der Waals surface area (Å²) in [5.41, 5.74) is 2.84. The molecule has 3 rings (SSSR count). The van der Waals surface area contributed by atoms with Gasteiger partial charge >= 0.3 is 0 Å². The van der Waals surface area contributed by atoms with Crippen LogP contribution in [0.4, 0.5) is 5.69 Å². The third kappa shape index (κ3) is 4.40. The molecule has 0 saturated carbocycles. The van der Waals surface area contributed by atoms with Crippen molar-refractivity contribution in [1.82, 2.24) is 4.90 Å². The highest BCUT2D eigenvalue weighted by molar-refractivity contribution is 6.30. The summed E-state index contributed by atoms with van der Waals surface area (Å²) in [5, 5.41) is 3.56. The van der Waals surface area contributed by atoms with Gasteiger partial charge in [-0.3, -0.25) is 9.59 Å². The molecule has 25 heavy (non-hydrogen) atoms. The fourth-order valence-corrected chi connectivity index (χ4v) is 3.30. The standard InChI is InChI=1S/C20H21ClN2O2/c1-14-11-17(21)7-8-18(14)22-20(25)16-12-19(24)23(13-16)10-9-15-5-3-2-4-6-15/h2-8,11,16H,9-10,12-13H2,1H3,(H,22,25). The molecular formula is C20H21ClN2O2. The minimum Gasteiger partial charge on any atom is -0.342 e. The lowest BCUT2D eigenvalue weighted by atomic mass is 10.1. The van der Waals surface area contributed by atoms with Crippen molar-refractivity contribution in [3.63, 3.8) is 0 Å². The van der Waals surface area contributed by atoms with E-state index in [2.05, 4.69) is 5.32 Å². The Kier molecular flexibility index (Phi) is 5.39. The van der Waals surface area contributed by atoms with Crippen molar-refractivity contribution in [3.8, 4) is 0 Å². The molecule has 1 aliphatic rings. The maximum atomic E-state index is 12.5. The van der Waals surface area contributed by atoms with E-state index in [-0.39, 0.29) is 24.2 Å². The molecule has 1 N–H and O–H groups in total. The number of hydrogen-bond donors (Lipinski definition) is 1. The highest BCUT2D eigenvalue weighted by atomic mass is 35.5. The summed E-state index contributed by atoms with van der Waals surface area (Å²) in [7, 11) is 0. The van der Waals surface area contributed by atoms with Crippen LogP contribution in [0.15, 0.2) is 48.5 Å². The lowest BCUT2D eigenvalue weighted by Gasteiger charge is -2.17.